The zero-order valence-electron chi connectivity index (χ0n) is 42.9. The van der Waals surface area contributed by atoms with E-state index < -0.39 is 0 Å². The van der Waals surface area contributed by atoms with Gasteiger partial charge < -0.3 is 17.7 Å². The Morgan fingerprint density at radius 3 is 1.23 bits per heavy atom. The van der Waals surface area contributed by atoms with Crippen LogP contribution in [0.2, 0.25) is 0 Å². The maximum Gasteiger partial charge on any atom is 0.168 e. The zero-order valence-corrected chi connectivity index (χ0v) is 44.5. The summed E-state index contributed by atoms with van der Waals surface area (Å²) < 4.78 is 2.29. The van der Waals surface area contributed by atoms with Crippen LogP contribution in [0.5, 0.6) is 0 Å². The number of aryl methyl sites for hydroxylation is 2. The third kappa shape index (κ3) is 45.2. The smallest absolute Gasteiger partial charge is 0.168 e. The maximum absolute atomic E-state index is 4.35. The zero-order chi connectivity index (χ0) is 44.7. The van der Waals surface area contributed by atoms with Crippen molar-refractivity contribution in [1.82, 2.24) is 10.3 Å². The fourth-order valence-electron chi connectivity index (χ4n) is 8.32. The molecule has 370 valence electrons. The van der Waals surface area contributed by atoms with E-state index in [1.165, 1.54) is 236 Å². The highest BCUT2D eigenvalue weighted by atomic mass is 35.5. The van der Waals surface area contributed by atoms with E-state index in [-0.39, 0.29) is 30.4 Å². The van der Waals surface area contributed by atoms with E-state index >= 15 is 0 Å². The van der Waals surface area contributed by atoms with E-state index in [1.807, 2.05) is 12.3 Å². The Hall–Kier alpha value is -1.94. The molecule has 0 amide bonds. The maximum atomic E-state index is 4.35. The lowest BCUT2D eigenvalue weighted by Crippen LogP contribution is -3.00. The molecule has 2 aromatic heterocycles. The number of pyridine rings is 2. The van der Waals surface area contributed by atoms with Gasteiger partial charge in [0.2, 0.25) is 0 Å². The molecular formula is C59H105Cl2N3. The van der Waals surface area contributed by atoms with Crippen LogP contribution >= 0.6 is 12.4 Å². The van der Waals surface area contributed by atoms with Crippen LogP contribution in [-0.4, -0.2) is 10.5 Å². The molecule has 0 saturated carbocycles. The lowest BCUT2D eigenvalue weighted by molar-refractivity contribution is -0.697. The minimum absolute atomic E-state index is 0. The molecule has 0 bridgehead atoms. The Balaban J connectivity index is 0. The Kier molecular flexibility index (Phi) is 50.6. The quantitative estimate of drug-likeness (QED) is 0.0456. The number of nitrogens with one attached hydrogen (secondary N) is 1. The molecule has 0 atom stereocenters. The molecule has 0 aliphatic rings. The predicted octanol–water partition coefficient (Wildman–Crippen LogP) is 15.9. The van der Waals surface area contributed by atoms with Crippen LogP contribution in [0.1, 0.15) is 264 Å². The third-order valence-electron chi connectivity index (χ3n) is 12.6. The first-order valence-electron chi connectivity index (χ1n) is 27.1. The highest BCUT2D eigenvalue weighted by Crippen LogP contribution is 2.18. The van der Waals surface area contributed by atoms with E-state index in [4.69, 9.17) is 0 Å². The molecule has 3 aromatic rings. The van der Waals surface area contributed by atoms with Gasteiger partial charge in [0.1, 0.15) is 6.54 Å². The Morgan fingerprint density at radius 2 is 0.812 bits per heavy atom. The SMILES string of the molecule is CCCCCCCCCCCC(C)(C)NCc1ccccc1.CCCCCCCCCCCCCCCC[n+]1ccccc1.CCCCCCCCCCCCc1ccccn1.Cl.[Cl-]. The number of rotatable bonds is 39. The summed E-state index contributed by atoms with van der Waals surface area (Å²) in [6, 6.07) is 23.2. The molecule has 5 heteroatoms. The van der Waals surface area contributed by atoms with Crippen molar-refractivity contribution in [3.8, 4) is 0 Å². The average molecular weight is 927 g/mol. The summed E-state index contributed by atoms with van der Waals surface area (Å²) in [5, 5.41) is 3.70. The van der Waals surface area contributed by atoms with Crippen LogP contribution in [0, 0.1) is 0 Å². The molecular weight excluding hydrogens is 822 g/mol. The van der Waals surface area contributed by atoms with E-state index in [2.05, 4.69) is 123 Å². The van der Waals surface area contributed by atoms with Gasteiger partial charge in [0, 0.05) is 42.5 Å². The first kappa shape index (κ1) is 64.1. The monoisotopic (exact) mass is 926 g/mol. The molecule has 0 fully saturated rings. The van der Waals surface area contributed by atoms with E-state index in [9.17, 15) is 0 Å². The molecule has 0 saturated heterocycles. The molecule has 3 rings (SSSR count). The highest BCUT2D eigenvalue weighted by Gasteiger charge is 2.16. The van der Waals surface area contributed by atoms with Crippen LogP contribution in [-0.2, 0) is 19.5 Å². The predicted molar refractivity (Wildman–Crippen MR) is 283 cm³/mol. The summed E-state index contributed by atoms with van der Waals surface area (Å²) in [6.45, 7) is 13.7. The number of hydrogen-bond acceptors (Lipinski definition) is 2. The molecule has 3 nitrogen and oxygen atoms in total. The second kappa shape index (κ2) is 50.5. The summed E-state index contributed by atoms with van der Waals surface area (Å²) in [4.78, 5) is 4.35. The van der Waals surface area contributed by atoms with Crippen molar-refractivity contribution in [2.45, 2.75) is 278 Å². The van der Waals surface area contributed by atoms with Crippen LogP contribution in [0.15, 0.2) is 85.3 Å². The van der Waals surface area contributed by atoms with Crippen molar-refractivity contribution < 1.29 is 17.0 Å². The molecule has 64 heavy (non-hydrogen) atoms. The largest absolute Gasteiger partial charge is 1.00 e. The van der Waals surface area contributed by atoms with Gasteiger partial charge in [0.25, 0.3) is 0 Å². The number of halogens is 2. The molecule has 0 aliphatic heterocycles. The van der Waals surface area contributed by atoms with Gasteiger partial charge in [-0.3, -0.25) is 4.98 Å². The molecule has 0 unspecified atom stereocenters. The lowest BCUT2D eigenvalue weighted by Gasteiger charge is -2.26. The van der Waals surface area contributed by atoms with Crippen molar-refractivity contribution in [3.05, 3.63) is 96.6 Å². The fraction of sp³-hybridized carbons (Fsp3) is 0.729. The summed E-state index contributed by atoms with van der Waals surface area (Å²) in [5.41, 5.74) is 2.87. The van der Waals surface area contributed by atoms with Crippen LogP contribution < -0.4 is 22.3 Å². The van der Waals surface area contributed by atoms with Gasteiger partial charge in [0.05, 0.1) is 0 Å². The van der Waals surface area contributed by atoms with E-state index in [0.717, 1.165) is 13.0 Å². The third-order valence-corrected chi connectivity index (χ3v) is 12.6. The van der Waals surface area contributed by atoms with Crippen LogP contribution in [0.4, 0.5) is 0 Å². The van der Waals surface area contributed by atoms with Crippen LogP contribution in [0.25, 0.3) is 0 Å². The second-order valence-corrected chi connectivity index (χ2v) is 19.3. The van der Waals surface area contributed by atoms with Gasteiger partial charge >= 0.3 is 0 Å². The topological polar surface area (TPSA) is 28.8 Å². The van der Waals surface area contributed by atoms with Crippen molar-refractivity contribution in [3.63, 3.8) is 0 Å². The molecule has 2 heterocycles. The second-order valence-electron chi connectivity index (χ2n) is 19.3. The average Bonchev–Trinajstić information content (AvgIpc) is 3.30. The van der Waals surface area contributed by atoms with Gasteiger partial charge in [-0.2, -0.15) is 0 Å². The van der Waals surface area contributed by atoms with Crippen molar-refractivity contribution >= 4 is 12.4 Å². The first-order chi connectivity index (χ1) is 30.5. The standard InChI is InChI=1S/C21H37N.C21H38N.C17H29N.2ClH/c1-4-5-6-7-8-9-10-11-15-18-21(2,3)22-19-20-16-13-12-14-17-20;1-2-3-4-5-6-7-8-9-10-11-12-13-14-16-19-22-20-17-15-18-21-22;1-2-3-4-5-6-7-8-9-10-11-14-17-15-12-13-16-18-17;;/h12-14,16-17,22H,4-11,15,18-19H2,1-3H3;15,17-18,20-21H,2-14,16,19H2,1H3;12-13,15-16H,2-11,14H2,1H3;2*1H/q;+1;;;/p-1. The van der Waals surface area contributed by atoms with Gasteiger partial charge in [-0.15, -0.1) is 12.4 Å². The highest BCUT2D eigenvalue weighted by molar-refractivity contribution is 5.85. The minimum Gasteiger partial charge on any atom is -1.00 e. The van der Waals surface area contributed by atoms with Gasteiger partial charge in [-0.25, -0.2) is 4.57 Å². The first-order valence-corrected chi connectivity index (χ1v) is 27.1. The van der Waals surface area contributed by atoms with Gasteiger partial charge in [0.15, 0.2) is 12.4 Å². The summed E-state index contributed by atoms with van der Waals surface area (Å²) >= 11 is 0. The normalized spacial score (nSPS) is 10.8. The molecule has 0 radical (unpaired) electrons. The number of unbranched alkanes of at least 4 members (excludes halogenated alkanes) is 30. The fourth-order valence-corrected chi connectivity index (χ4v) is 8.32. The Bertz CT molecular complexity index is 1270. The Labute approximate surface area is 412 Å². The number of aromatic nitrogens is 2. The molecule has 1 N–H and O–H groups in total. The molecule has 1 aromatic carbocycles. The van der Waals surface area contributed by atoms with E-state index in [1.54, 1.807) is 0 Å². The van der Waals surface area contributed by atoms with Gasteiger partial charge in [-0.05, 0) is 57.2 Å². The Morgan fingerprint density at radius 1 is 0.438 bits per heavy atom. The minimum atomic E-state index is 0. The summed E-state index contributed by atoms with van der Waals surface area (Å²) in [6.07, 6.45) is 55.5. The van der Waals surface area contributed by atoms with E-state index in [0.29, 0.717) is 0 Å². The van der Waals surface area contributed by atoms with Crippen molar-refractivity contribution in [1.29, 1.82) is 0 Å². The summed E-state index contributed by atoms with van der Waals surface area (Å²) in [7, 11) is 0. The number of nitrogens with zero attached hydrogens (tertiary/aromatic N) is 2. The summed E-state index contributed by atoms with van der Waals surface area (Å²) in [5.74, 6) is 0. The van der Waals surface area contributed by atoms with Crippen LogP contribution in [0.3, 0.4) is 0 Å². The van der Waals surface area contributed by atoms with Crippen molar-refractivity contribution in [2.24, 2.45) is 0 Å². The molecule has 0 aliphatic carbocycles. The molecule has 0 spiro atoms. The van der Waals surface area contributed by atoms with Crippen molar-refractivity contribution in [2.75, 3.05) is 0 Å². The van der Waals surface area contributed by atoms with Gasteiger partial charge in [-0.1, -0.05) is 256 Å². The number of hydrogen-bond donors (Lipinski definition) is 1. The number of benzene rings is 1. The lowest BCUT2D eigenvalue weighted by atomic mass is 9.95.